The van der Waals surface area contributed by atoms with Gasteiger partial charge in [0.05, 0.1) is 10.5 Å². The van der Waals surface area contributed by atoms with Crippen LogP contribution in [0.2, 0.25) is 0 Å². The van der Waals surface area contributed by atoms with E-state index in [0.29, 0.717) is 11.3 Å². The number of sulfone groups is 1. The molecule has 0 saturated heterocycles. The summed E-state index contributed by atoms with van der Waals surface area (Å²) in [5.41, 5.74) is 6.53. The standard InChI is InChI=1S/C13H19NO3S/c1-13(2,3)18(16,17)8-7-12(15)10-5-4-6-11(14)9-10/h4-6,9H,7-8,14H2,1-3H3. The highest BCUT2D eigenvalue weighted by atomic mass is 32.2. The highest BCUT2D eigenvalue weighted by Gasteiger charge is 2.29. The number of hydrogen-bond donors (Lipinski definition) is 1. The van der Waals surface area contributed by atoms with Crippen LogP contribution in [-0.4, -0.2) is 24.7 Å². The fraction of sp³-hybridized carbons (Fsp3) is 0.462. The van der Waals surface area contributed by atoms with Crippen molar-refractivity contribution >= 4 is 21.3 Å². The van der Waals surface area contributed by atoms with Gasteiger partial charge in [-0.1, -0.05) is 12.1 Å². The molecule has 0 aliphatic heterocycles. The molecular formula is C13H19NO3S. The molecule has 0 aromatic heterocycles. The van der Waals surface area contributed by atoms with Crippen molar-refractivity contribution in [2.45, 2.75) is 31.9 Å². The van der Waals surface area contributed by atoms with Gasteiger partial charge in [0.2, 0.25) is 0 Å². The van der Waals surface area contributed by atoms with Crippen LogP contribution in [0.1, 0.15) is 37.6 Å². The van der Waals surface area contributed by atoms with Crippen molar-refractivity contribution in [3.63, 3.8) is 0 Å². The predicted octanol–water partition coefficient (Wildman–Crippen LogP) is 2.05. The number of ketones is 1. The van der Waals surface area contributed by atoms with Crippen LogP contribution in [0.15, 0.2) is 24.3 Å². The van der Waals surface area contributed by atoms with Crippen molar-refractivity contribution in [2.24, 2.45) is 0 Å². The van der Waals surface area contributed by atoms with Crippen LogP contribution in [0.5, 0.6) is 0 Å². The van der Waals surface area contributed by atoms with E-state index in [1.807, 2.05) is 0 Å². The Balaban J connectivity index is 2.74. The monoisotopic (exact) mass is 269 g/mol. The molecule has 0 aliphatic carbocycles. The number of carbonyl (C=O) groups is 1. The smallest absolute Gasteiger partial charge is 0.163 e. The van der Waals surface area contributed by atoms with Gasteiger partial charge in [-0.05, 0) is 32.9 Å². The van der Waals surface area contributed by atoms with Gasteiger partial charge in [0.15, 0.2) is 15.6 Å². The lowest BCUT2D eigenvalue weighted by atomic mass is 10.1. The summed E-state index contributed by atoms with van der Waals surface area (Å²) < 4.78 is 22.9. The molecule has 0 unspecified atom stereocenters. The summed E-state index contributed by atoms with van der Waals surface area (Å²) in [5, 5.41) is 0. The van der Waals surface area contributed by atoms with E-state index in [1.54, 1.807) is 45.0 Å². The first-order valence-corrected chi connectivity index (χ1v) is 7.40. The van der Waals surface area contributed by atoms with E-state index < -0.39 is 14.6 Å². The molecule has 0 spiro atoms. The number of nitrogens with two attached hydrogens (primary N) is 1. The minimum absolute atomic E-state index is 0.0109. The van der Waals surface area contributed by atoms with Gasteiger partial charge in [0.25, 0.3) is 0 Å². The summed E-state index contributed by atoms with van der Waals surface area (Å²) in [7, 11) is -3.26. The molecule has 0 saturated carbocycles. The Morgan fingerprint density at radius 3 is 2.39 bits per heavy atom. The number of benzene rings is 1. The largest absolute Gasteiger partial charge is 0.399 e. The number of Topliss-reactive ketones (excluding diaryl/α,β-unsaturated/α-hetero) is 1. The molecule has 0 bridgehead atoms. The van der Waals surface area contributed by atoms with Gasteiger partial charge in [0, 0.05) is 17.7 Å². The molecule has 5 heteroatoms. The highest BCUT2D eigenvalue weighted by molar-refractivity contribution is 7.92. The van der Waals surface area contributed by atoms with E-state index in [0.717, 1.165) is 0 Å². The molecule has 0 radical (unpaired) electrons. The highest BCUT2D eigenvalue weighted by Crippen LogP contribution is 2.18. The van der Waals surface area contributed by atoms with Crippen LogP contribution in [0, 0.1) is 0 Å². The van der Waals surface area contributed by atoms with E-state index in [4.69, 9.17) is 5.73 Å². The zero-order valence-corrected chi connectivity index (χ0v) is 11.8. The number of rotatable bonds is 4. The fourth-order valence-corrected chi connectivity index (χ4v) is 2.46. The van der Waals surface area contributed by atoms with Gasteiger partial charge >= 0.3 is 0 Å². The lowest BCUT2D eigenvalue weighted by Crippen LogP contribution is -2.31. The first kappa shape index (κ1) is 14.7. The van der Waals surface area contributed by atoms with Crippen molar-refractivity contribution in [3.8, 4) is 0 Å². The fourth-order valence-electron chi connectivity index (χ4n) is 1.39. The van der Waals surface area contributed by atoms with Gasteiger partial charge < -0.3 is 5.73 Å². The second-order valence-corrected chi connectivity index (χ2v) is 8.09. The van der Waals surface area contributed by atoms with Crippen molar-refractivity contribution in [1.29, 1.82) is 0 Å². The molecule has 18 heavy (non-hydrogen) atoms. The molecule has 1 aromatic rings. The SMILES string of the molecule is CC(C)(C)S(=O)(=O)CCC(=O)c1cccc(N)c1. The van der Waals surface area contributed by atoms with Gasteiger partial charge in [0.1, 0.15) is 0 Å². The molecule has 4 nitrogen and oxygen atoms in total. The van der Waals surface area contributed by atoms with Crippen molar-refractivity contribution in [1.82, 2.24) is 0 Å². The number of carbonyl (C=O) groups excluding carboxylic acids is 1. The van der Waals surface area contributed by atoms with Gasteiger partial charge in [-0.2, -0.15) is 0 Å². The number of anilines is 1. The third kappa shape index (κ3) is 3.57. The second kappa shape index (κ2) is 5.10. The van der Waals surface area contributed by atoms with Crippen molar-refractivity contribution in [3.05, 3.63) is 29.8 Å². The normalized spacial score (nSPS) is 12.4. The Morgan fingerprint density at radius 1 is 1.28 bits per heavy atom. The summed E-state index contributed by atoms with van der Waals surface area (Å²) in [5.74, 6) is -0.334. The van der Waals surface area contributed by atoms with E-state index in [1.165, 1.54) is 0 Å². The number of nitrogen functional groups attached to an aromatic ring is 1. The molecule has 0 atom stereocenters. The lowest BCUT2D eigenvalue weighted by Gasteiger charge is -2.18. The molecule has 100 valence electrons. The molecular weight excluding hydrogens is 250 g/mol. The quantitative estimate of drug-likeness (QED) is 0.670. The van der Waals surface area contributed by atoms with Crippen LogP contribution in [0.25, 0.3) is 0 Å². The minimum Gasteiger partial charge on any atom is -0.399 e. The Labute approximate surface area is 108 Å². The van der Waals surface area contributed by atoms with Crippen LogP contribution in [0.3, 0.4) is 0 Å². The van der Waals surface area contributed by atoms with Crippen LogP contribution < -0.4 is 5.73 Å². The molecule has 1 rings (SSSR count). The van der Waals surface area contributed by atoms with Gasteiger partial charge in [-0.25, -0.2) is 8.42 Å². The summed E-state index contributed by atoms with van der Waals surface area (Å²) in [6.45, 7) is 4.90. The van der Waals surface area contributed by atoms with Crippen molar-refractivity contribution < 1.29 is 13.2 Å². The zero-order chi connectivity index (χ0) is 14.0. The molecule has 0 aliphatic rings. The Kier molecular flexibility index (Phi) is 4.16. The predicted molar refractivity (Wildman–Crippen MR) is 73.3 cm³/mol. The topological polar surface area (TPSA) is 77.2 Å². The van der Waals surface area contributed by atoms with E-state index in [9.17, 15) is 13.2 Å². The third-order valence-electron chi connectivity index (χ3n) is 2.74. The molecule has 1 aromatic carbocycles. The van der Waals surface area contributed by atoms with Crippen LogP contribution in [0.4, 0.5) is 5.69 Å². The summed E-state index contributed by atoms with van der Waals surface area (Å²) in [6, 6.07) is 6.57. The molecule has 0 fully saturated rings. The maximum absolute atomic E-state index is 11.9. The zero-order valence-electron chi connectivity index (χ0n) is 10.9. The van der Waals surface area contributed by atoms with Crippen molar-refractivity contribution in [2.75, 3.05) is 11.5 Å². The summed E-state index contributed by atoms with van der Waals surface area (Å²) >= 11 is 0. The third-order valence-corrected chi connectivity index (χ3v) is 5.35. The first-order valence-electron chi connectivity index (χ1n) is 5.74. The maximum Gasteiger partial charge on any atom is 0.163 e. The average molecular weight is 269 g/mol. The van der Waals surface area contributed by atoms with Crippen LogP contribution in [-0.2, 0) is 9.84 Å². The first-order chi connectivity index (χ1) is 8.13. The Hall–Kier alpha value is -1.36. The molecule has 0 heterocycles. The Bertz CT molecular complexity index is 542. The van der Waals surface area contributed by atoms with E-state index in [2.05, 4.69) is 0 Å². The van der Waals surface area contributed by atoms with E-state index in [-0.39, 0.29) is 18.0 Å². The second-order valence-electron chi connectivity index (χ2n) is 5.23. The average Bonchev–Trinajstić information content (AvgIpc) is 2.24. The lowest BCUT2D eigenvalue weighted by molar-refractivity contribution is 0.0988. The summed E-state index contributed by atoms with van der Waals surface area (Å²) in [4.78, 5) is 11.9. The number of hydrogen-bond acceptors (Lipinski definition) is 4. The van der Waals surface area contributed by atoms with Crippen LogP contribution >= 0.6 is 0 Å². The van der Waals surface area contributed by atoms with E-state index >= 15 is 0 Å². The minimum atomic E-state index is -3.26. The van der Waals surface area contributed by atoms with Gasteiger partial charge in [-0.15, -0.1) is 0 Å². The Morgan fingerprint density at radius 2 is 1.89 bits per heavy atom. The van der Waals surface area contributed by atoms with Gasteiger partial charge in [-0.3, -0.25) is 4.79 Å². The summed E-state index contributed by atoms with van der Waals surface area (Å²) in [6.07, 6.45) is -0.0109. The molecule has 0 amide bonds. The molecule has 2 N–H and O–H groups in total. The maximum atomic E-state index is 11.9.